The minimum absolute atomic E-state index is 0.140. The molecule has 0 spiro atoms. The molecule has 13 heteroatoms. The van der Waals surface area contributed by atoms with E-state index in [1.54, 1.807) is 24.4 Å². The zero-order valence-corrected chi connectivity index (χ0v) is 15.4. The molecule has 1 aromatic carbocycles. The highest BCUT2D eigenvalue weighted by Gasteiger charge is 2.46. The number of alkyl halides is 3. The monoisotopic (exact) mass is 434 g/mol. The summed E-state index contributed by atoms with van der Waals surface area (Å²) in [6.45, 7) is 0. The van der Waals surface area contributed by atoms with Crippen molar-refractivity contribution in [3.8, 4) is 5.69 Å². The molecule has 3 heterocycles. The molecule has 2 aliphatic rings. The van der Waals surface area contributed by atoms with Crippen molar-refractivity contribution in [2.75, 3.05) is 0 Å². The molecule has 30 heavy (non-hydrogen) atoms. The highest BCUT2D eigenvalue weighted by molar-refractivity contribution is 8.27. The number of amidine groups is 2. The summed E-state index contributed by atoms with van der Waals surface area (Å²) < 4.78 is 40.2. The molecule has 0 saturated carbocycles. The third-order valence-electron chi connectivity index (χ3n) is 4.09. The van der Waals surface area contributed by atoms with Gasteiger partial charge in [-0.05, 0) is 36.0 Å². The number of carbonyl (C=O) groups excluding carboxylic acids is 1. The summed E-state index contributed by atoms with van der Waals surface area (Å²) in [5, 5.41) is 21.6. The summed E-state index contributed by atoms with van der Waals surface area (Å²) in [4.78, 5) is 26.4. The molecule has 0 unspecified atom stereocenters. The molecule has 1 amide bonds. The Balaban J connectivity index is 1.73. The van der Waals surface area contributed by atoms with Crippen LogP contribution in [0.2, 0.25) is 0 Å². The molecule has 2 aromatic rings. The average Bonchev–Trinajstić information content (AvgIpc) is 3.32. The van der Waals surface area contributed by atoms with E-state index in [0.29, 0.717) is 16.4 Å². The summed E-state index contributed by atoms with van der Waals surface area (Å²) >= 11 is 0.166. The molecular weight excluding hydrogens is 425 g/mol. The van der Waals surface area contributed by atoms with E-state index in [9.17, 15) is 28.1 Å². The van der Waals surface area contributed by atoms with E-state index < -0.39 is 27.9 Å². The first-order chi connectivity index (χ1) is 14.1. The lowest BCUT2D eigenvalue weighted by Gasteiger charge is -2.20. The number of hydrogen-bond acceptors (Lipinski definition) is 6. The van der Waals surface area contributed by atoms with E-state index in [-0.39, 0.29) is 28.2 Å². The number of hydrazone groups is 1. The largest absolute Gasteiger partial charge is 0.441 e. The van der Waals surface area contributed by atoms with Gasteiger partial charge in [0.1, 0.15) is 0 Å². The van der Waals surface area contributed by atoms with Gasteiger partial charge in [0.2, 0.25) is 10.2 Å². The van der Waals surface area contributed by atoms with Crippen molar-refractivity contribution in [2.24, 2.45) is 10.1 Å². The number of hydrogen-bond donors (Lipinski definition) is 1. The lowest BCUT2D eigenvalue weighted by molar-refractivity contribution is -0.384. The Morgan fingerprint density at radius 2 is 2.00 bits per heavy atom. The fourth-order valence-electron chi connectivity index (χ4n) is 2.76. The molecule has 152 valence electrons. The summed E-state index contributed by atoms with van der Waals surface area (Å²) in [6.07, 6.45) is -1.87. The highest BCUT2D eigenvalue weighted by atomic mass is 32.2. The van der Waals surface area contributed by atoms with Gasteiger partial charge in [0.15, 0.2) is 5.84 Å². The fourth-order valence-corrected chi connectivity index (χ4v) is 3.52. The number of nitro benzene ring substituents is 1. The van der Waals surface area contributed by atoms with Gasteiger partial charge in [0, 0.05) is 24.0 Å². The van der Waals surface area contributed by atoms with E-state index in [1.165, 1.54) is 28.8 Å². The topological polar surface area (TPSA) is 117 Å². The van der Waals surface area contributed by atoms with Gasteiger partial charge in [-0.3, -0.25) is 20.3 Å². The lowest BCUT2D eigenvalue weighted by Crippen LogP contribution is -2.35. The van der Waals surface area contributed by atoms with E-state index in [2.05, 4.69) is 10.1 Å². The number of nitrogens with one attached hydrogen (secondary N) is 1. The minimum atomic E-state index is -4.73. The smallest absolute Gasteiger partial charge is 0.317 e. The molecule has 0 aliphatic carbocycles. The van der Waals surface area contributed by atoms with Crippen LogP contribution in [0.3, 0.4) is 0 Å². The lowest BCUT2D eigenvalue weighted by atomic mass is 10.1. The summed E-state index contributed by atoms with van der Waals surface area (Å²) in [6, 6.07) is 8.93. The molecule has 0 saturated heterocycles. The van der Waals surface area contributed by atoms with Gasteiger partial charge < -0.3 is 4.57 Å². The number of carbonyl (C=O) groups is 1. The van der Waals surface area contributed by atoms with Gasteiger partial charge >= 0.3 is 6.18 Å². The number of amides is 1. The Hall–Kier alpha value is -3.74. The zero-order chi connectivity index (χ0) is 21.6. The van der Waals surface area contributed by atoms with Crippen molar-refractivity contribution in [1.82, 2.24) is 9.58 Å². The second-order valence-electron chi connectivity index (χ2n) is 6.00. The maximum atomic E-state index is 12.9. The average molecular weight is 434 g/mol. The number of non-ortho nitro benzene ring substituents is 1. The third-order valence-corrected chi connectivity index (χ3v) is 5.04. The standard InChI is InChI=1S/C17H9F3N6O3S/c18-17(19,20)15-23-25-13(21)12(14(27)22-16(25)30-15)8-10-5-2-6-24(10)9-3-1-4-11(7-9)26(28)29/h1-8,21H/b12-8-,21-13?. The molecule has 2 aliphatic heterocycles. The Morgan fingerprint density at radius 1 is 1.23 bits per heavy atom. The number of nitrogens with zero attached hydrogens (tertiary/aromatic N) is 5. The van der Waals surface area contributed by atoms with Gasteiger partial charge in [-0.15, -0.1) is 0 Å². The van der Waals surface area contributed by atoms with Gasteiger partial charge in [-0.1, -0.05) is 6.07 Å². The van der Waals surface area contributed by atoms with Crippen LogP contribution in [0, 0.1) is 15.5 Å². The number of benzene rings is 1. The Bertz CT molecular complexity index is 1200. The van der Waals surface area contributed by atoms with Crippen molar-refractivity contribution in [2.45, 2.75) is 6.18 Å². The van der Waals surface area contributed by atoms with Crippen LogP contribution in [0.25, 0.3) is 11.8 Å². The van der Waals surface area contributed by atoms with Crippen molar-refractivity contribution >= 4 is 45.5 Å². The van der Waals surface area contributed by atoms with E-state index in [4.69, 9.17) is 5.41 Å². The van der Waals surface area contributed by atoms with Crippen LogP contribution in [-0.2, 0) is 4.79 Å². The summed E-state index contributed by atoms with van der Waals surface area (Å²) in [5.41, 5.74) is 0.388. The van der Waals surface area contributed by atoms with Gasteiger partial charge in [-0.2, -0.15) is 28.3 Å². The first-order valence-electron chi connectivity index (χ1n) is 8.15. The van der Waals surface area contributed by atoms with Crippen LogP contribution in [0.5, 0.6) is 0 Å². The van der Waals surface area contributed by atoms with Crippen molar-refractivity contribution < 1.29 is 22.9 Å². The van der Waals surface area contributed by atoms with E-state index >= 15 is 0 Å². The molecule has 4 rings (SSSR count). The number of nitro groups is 1. The molecule has 0 bridgehead atoms. The molecular formula is C17H9F3N6O3S. The molecule has 1 N–H and O–H groups in total. The van der Waals surface area contributed by atoms with Gasteiger partial charge in [0.05, 0.1) is 16.2 Å². The second kappa shape index (κ2) is 6.95. The molecule has 0 atom stereocenters. The SMILES string of the molecule is N=C1/C(=C/c2cccn2-c2cccc([N+](=O)[O-])c2)C(=O)N=C2SC(C(F)(F)F)=NN12. The first-order valence-corrected chi connectivity index (χ1v) is 8.96. The molecule has 1 aromatic heterocycles. The normalized spacial score (nSPS) is 17.8. The van der Waals surface area contributed by atoms with Crippen LogP contribution in [0.15, 0.2) is 58.3 Å². The Labute approximate surface area is 169 Å². The predicted molar refractivity (Wildman–Crippen MR) is 103 cm³/mol. The number of thioether (sulfide) groups is 1. The maximum absolute atomic E-state index is 12.9. The number of aliphatic imine (C=N–C) groups is 1. The van der Waals surface area contributed by atoms with Crippen LogP contribution in [-0.4, -0.2) is 42.6 Å². The number of fused-ring (bicyclic) bond motifs is 1. The van der Waals surface area contributed by atoms with Gasteiger partial charge in [0.25, 0.3) is 11.6 Å². The van der Waals surface area contributed by atoms with Crippen molar-refractivity contribution in [3.63, 3.8) is 0 Å². The zero-order valence-electron chi connectivity index (χ0n) is 14.6. The van der Waals surface area contributed by atoms with Crippen molar-refractivity contribution in [1.29, 1.82) is 5.41 Å². The Morgan fingerprint density at radius 3 is 2.70 bits per heavy atom. The Kier molecular flexibility index (Phi) is 4.53. The van der Waals surface area contributed by atoms with Crippen LogP contribution in [0.1, 0.15) is 5.69 Å². The molecule has 0 fully saturated rings. The number of aromatic nitrogens is 1. The highest BCUT2D eigenvalue weighted by Crippen LogP contribution is 2.35. The summed E-state index contributed by atoms with van der Waals surface area (Å²) in [5.74, 6) is -1.44. The van der Waals surface area contributed by atoms with Crippen LogP contribution in [0.4, 0.5) is 18.9 Å². The number of halogens is 3. The van der Waals surface area contributed by atoms with Crippen LogP contribution >= 0.6 is 11.8 Å². The van der Waals surface area contributed by atoms with Crippen molar-refractivity contribution in [3.05, 3.63) is 64.0 Å². The predicted octanol–water partition coefficient (Wildman–Crippen LogP) is 3.57. The number of rotatable bonds is 3. The summed E-state index contributed by atoms with van der Waals surface area (Å²) in [7, 11) is 0. The van der Waals surface area contributed by atoms with E-state index in [0.717, 1.165) is 0 Å². The third kappa shape index (κ3) is 3.39. The quantitative estimate of drug-likeness (QED) is 0.450. The fraction of sp³-hybridized carbons (Fsp3) is 0.0588. The first kappa shape index (κ1) is 19.6. The minimum Gasteiger partial charge on any atom is -0.317 e. The van der Waals surface area contributed by atoms with Gasteiger partial charge in [-0.25, -0.2) is 0 Å². The molecule has 0 radical (unpaired) electrons. The van der Waals surface area contributed by atoms with E-state index in [1.807, 2.05) is 0 Å². The van der Waals surface area contributed by atoms with Crippen LogP contribution < -0.4 is 0 Å². The maximum Gasteiger partial charge on any atom is 0.441 e. The second-order valence-corrected chi connectivity index (χ2v) is 6.96. The molecule has 9 nitrogen and oxygen atoms in total.